The van der Waals surface area contributed by atoms with E-state index < -0.39 is 11.9 Å². The van der Waals surface area contributed by atoms with E-state index >= 15 is 0 Å². The smallest absolute Gasteiger partial charge is 0.171 e. The first-order chi connectivity index (χ1) is 11.5. The van der Waals surface area contributed by atoms with Crippen molar-refractivity contribution in [3.05, 3.63) is 76.1 Å². The Morgan fingerprint density at radius 2 is 1.88 bits per heavy atom. The minimum atomic E-state index is -0.750. The molecule has 2 N–H and O–H groups in total. The predicted molar refractivity (Wildman–Crippen MR) is 97.1 cm³/mol. The predicted octanol–water partition coefficient (Wildman–Crippen LogP) is 4.00. The Balaban J connectivity index is 2.25. The molecule has 0 bridgehead atoms. The van der Waals surface area contributed by atoms with Crippen LogP contribution in [0.5, 0.6) is 0 Å². The molecule has 122 valence electrons. The Bertz CT molecular complexity index is 831. The Morgan fingerprint density at radius 1 is 1.17 bits per heavy atom. The first-order valence-corrected chi connectivity index (χ1v) is 8.09. The third-order valence-electron chi connectivity index (χ3n) is 3.80. The average molecular weight is 361 g/mol. The number of ketones is 1. The molecule has 0 saturated heterocycles. The Morgan fingerprint density at radius 3 is 2.50 bits per heavy atom. The highest BCUT2D eigenvalue weighted by Crippen LogP contribution is 2.36. The lowest BCUT2D eigenvalue weighted by atomic mass is 9.90. The first kappa shape index (κ1) is 16.6. The fourth-order valence-corrected chi connectivity index (χ4v) is 3.27. The van der Waals surface area contributed by atoms with Crippen molar-refractivity contribution in [3.8, 4) is 0 Å². The van der Waals surface area contributed by atoms with Crippen molar-refractivity contribution < 1.29 is 9.18 Å². The topological polar surface area (TPSA) is 41.1 Å². The van der Waals surface area contributed by atoms with Crippen molar-refractivity contribution in [1.29, 1.82) is 0 Å². The Kier molecular flexibility index (Phi) is 4.64. The molecule has 3 rings (SSSR count). The van der Waals surface area contributed by atoms with E-state index in [2.05, 4.69) is 10.6 Å². The van der Waals surface area contributed by atoms with Gasteiger partial charge in [-0.25, -0.2) is 4.39 Å². The van der Waals surface area contributed by atoms with Crippen LogP contribution in [0.4, 0.5) is 4.39 Å². The van der Waals surface area contributed by atoms with E-state index in [0.29, 0.717) is 16.4 Å². The Labute approximate surface area is 149 Å². The number of Topliss-reactive ketones (excluding diaryl/α,β-unsaturated/α-hetero) is 1. The maximum Gasteiger partial charge on any atom is 0.171 e. The number of nitrogens with one attached hydrogen (secondary N) is 2. The summed E-state index contributed by atoms with van der Waals surface area (Å²) in [7, 11) is 0. The highest BCUT2D eigenvalue weighted by Gasteiger charge is 2.33. The van der Waals surface area contributed by atoms with Crippen LogP contribution in [0.3, 0.4) is 0 Å². The van der Waals surface area contributed by atoms with Gasteiger partial charge in [0.05, 0.1) is 11.7 Å². The van der Waals surface area contributed by atoms with Crippen molar-refractivity contribution in [2.75, 3.05) is 0 Å². The van der Waals surface area contributed by atoms with Gasteiger partial charge in [0.15, 0.2) is 10.9 Å². The van der Waals surface area contributed by atoms with E-state index in [-0.39, 0.29) is 16.4 Å². The first-order valence-electron chi connectivity index (χ1n) is 7.31. The zero-order valence-corrected chi connectivity index (χ0v) is 14.3. The summed E-state index contributed by atoms with van der Waals surface area (Å²) in [4.78, 5) is 12.3. The number of halogens is 2. The van der Waals surface area contributed by atoms with Crippen LogP contribution in [0, 0.1) is 5.82 Å². The summed E-state index contributed by atoms with van der Waals surface area (Å²) in [5, 5.41) is 6.53. The summed E-state index contributed by atoms with van der Waals surface area (Å²) in [6.07, 6.45) is 0. The zero-order chi connectivity index (χ0) is 17.3. The second-order valence-corrected chi connectivity index (χ2v) is 6.19. The van der Waals surface area contributed by atoms with E-state index in [4.69, 9.17) is 23.8 Å². The molecule has 1 aliphatic heterocycles. The van der Waals surface area contributed by atoms with Crippen LogP contribution in [0.15, 0.2) is 54.1 Å². The van der Waals surface area contributed by atoms with E-state index in [1.165, 1.54) is 19.1 Å². The molecule has 2 aromatic rings. The summed E-state index contributed by atoms with van der Waals surface area (Å²) < 4.78 is 14.4. The number of carbonyl (C=O) groups excluding carboxylic acids is 1. The van der Waals surface area contributed by atoms with Gasteiger partial charge in [-0.05, 0) is 36.8 Å². The second kappa shape index (κ2) is 6.71. The van der Waals surface area contributed by atoms with Gasteiger partial charge >= 0.3 is 0 Å². The standard InChI is InChI=1S/C18H14ClFN2OS/c1-10(23)14-16(11-6-3-2-4-7-11)21-18(24)22-17(14)15-12(19)8-5-9-13(15)20/h2-9,17H,1H3,(H2,21,22,24)/t17-/m0/s1. The van der Waals surface area contributed by atoms with Crippen LogP contribution >= 0.6 is 23.8 Å². The highest BCUT2D eigenvalue weighted by atomic mass is 35.5. The quantitative estimate of drug-likeness (QED) is 0.812. The number of hydrogen-bond donors (Lipinski definition) is 2. The monoisotopic (exact) mass is 360 g/mol. The molecule has 1 atom stereocenters. The lowest BCUT2D eigenvalue weighted by molar-refractivity contribution is -0.113. The average Bonchev–Trinajstić information content (AvgIpc) is 2.54. The number of rotatable bonds is 3. The Hall–Kier alpha value is -2.24. The van der Waals surface area contributed by atoms with Gasteiger partial charge in [0.2, 0.25) is 0 Å². The molecule has 0 spiro atoms. The third kappa shape index (κ3) is 3.05. The van der Waals surface area contributed by atoms with Crippen molar-refractivity contribution in [2.45, 2.75) is 13.0 Å². The largest absolute Gasteiger partial charge is 0.351 e. The maximum absolute atomic E-state index is 14.4. The number of thiocarbonyl (C=S) groups is 1. The normalized spacial score (nSPS) is 17.3. The van der Waals surface area contributed by atoms with Gasteiger partial charge in [-0.1, -0.05) is 48.0 Å². The van der Waals surface area contributed by atoms with Crippen LogP contribution in [-0.4, -0.2) is 10.9 Å². The van der Waals surface area contributed by atoms with E-state index in [1.54, 1.807) is 6.07 Å². The molecule has 2 aromatic carbocycles. The number of hydrogen-bond acceptors (Lipinski definition) is 2. The van der Waals surface area contributed by atoms with E-state index in [1.807, 2.05) is 30.3 Å². The van der Waals surface area contributed by atoms with Gasteiger partial charge in [0.25, 0.3) is 0 Å². The molecule has 0 aliphatic carbocycles. The van der Waals surface area contributed by atoms with Crippen molar-refractivity contribution in [1.82, 2.24) is 10.6 Å². The summed E-state index contributed by atoms with van der Waals surface area (Å²) in [5.41, 5.74) is 1.96. The van der Waals surface area contributed by atoms with Crippen LogP contribution in [-0.2, 0) is 4.79 Å². The van der Waals surface area contributed by atoms with Crippen LogP contribution < -0.4 is 10.6 Å². The van der Waals surface area contributed by atoms with Gasteiger partial charge in [-0.3, -0.25) is 4.79 Å². The summed E-state index contributed by atoms with van der Waals surface area (Å²) in [6.45, 7) is 1.44. The maximum atomic E-state index is 14.4. The van der Waals surface area contributed by atoms with Crippen LogP contribution in [0.1, 0.15) is 24.1 Å². The third-order valence-corrected chi connectivity index (χ3v) is 4.35. The fraction of sp³-hybridized carbons (Fsp3) is 0.111. The van der Waals surface area contributed by atoms with Crippen molar-refractivity contribution in [2.24, 2.45) is 0 Å². The van der Waals surface area contributed by atoms with Crippen molar-refractivity contribution in [3.63, 3.8) is 0 Å². The highest BCUT2D eigenvalue weighted by molar-refractivity contribution is 7.80. The summed E-state index contributed by atoms with van der Waals surface area (Å²) in [6, 6.07) is 13.0. The van der Waals surface area contributed by atoms with Crippen LogP contribution in [0.25, 0.3) is 5.70 Å². The summed E-state index contributed by atoms with van der Waals surface area (Å²) >= 11 is 11.4. The van der Waals surface area contributed by atoms with Gasteiger partial charge in [0, 0.05) is 16.2 Å². The second-order valence-electron chi connectivity index (χ2n) is 5.38. The molecule has 6 heteroatoms. The van der Waals surface area contributed by atoms with E-state index in [9.17, 15) is 9.18 Å². The minimum absolute atomic E-state index is 0.194. The lowest BCUT2D eigenvalue weighted by Crippen LogP contribution is -2.45. The molecule has 3 nitrogen and oxygen atoms in total. The zero-order valence-electron chi connectivity index (χ0n) is 12.8. The molecule has 0 amide bonds. The molecule has 0 radical (unpaired) electrons. The molecule has 1 aliphatic rings. The number of benzene rings is 2. The molecule has 0 aromatic heterocycles. The fourth-order valence-electron chi connectivity index (χ4n) is 2.78. The molecule has 1 heterocycles. The molecular weight excluding hydrogens is 347 g/mol. The van der Waals surface area contributed by atoms with Gasteiger partial charge < -0.3 is 10.6 Å². The molecule has 0 unspecified atom stereocenters. The van der Waals surface area contributed by atoms with Gasteiger partial charge in [-0.2, -0.15) is 0 Å². The molecular formula is C18H14ClFN2OS. The SMILES string of the molecule is CC(=O)C1=C(c2ccccc2)NC(=S)N[C@@H]1c1c(F)cccc1Cl. The van der Waals surface area contributed by atoms with Gasteiger partial charge in [0.1, 0.15) is 5.82 Å². The van der Waals surface area contributed by atoms with E-state index in [0.717, 1.165) is 5.56 Å². The van der Waals surface area contributed by atoms with Crippen LogP contribution in [0.2, 0.25) is 5.02 Å². The summed E-state index contributed by atoms with van der Waals surface area (Å²) in [5.74, 6) is -0.684. The molecule has 24 heavy (non-hydrogen) atoms. The molecule has 0 fully saturated rings. The van der Waals surface area contributed by atoms with Crippen molar-refractivity contribution >= 4 is 40.4 Å². The van der Waals surface area contributed by atoms with Gasteiger partial charge in [-0.15, -0.1) is 0 Å². The minimum Gasteiger partial charge on any atom is -0.351 e. The molecule has 0 saturated carbocycles. The number of carbonyl (C=O) groups is 1. The lowest BCUT2D eigenvalue weighted by Gasteiger charge is -2.31.